The van der Waals surface area contributed by atoms with E-state index in [0.29, 0.717) is 22.5 Å². The summed E-state index contributed by atoms with van der Waals surface area (Å²) < 4.78 is 13.7. The maximum absolute atomic E-state index is 13.7. The van der Waals surface area contributed by atoms with Crippen molar-refractivity contribution in [3.05, 3.63) is 64.2 Å². The molecule has 0 atom stereocenters. The van der Waals surface area contributed by atoms with Crippen molar-refractivity contribution in [3.8, 4) is 0 Å². The maximum Gasteiger partial charge on any atom is 0.305 e. The Hall–Kier alpha value is -3.42. The number of nitrogens with one attached hydrogen (secondary N) is 1. The number of hydrogen-bond acceptors (Lipinski definition) is 6. The molecule has 120 valence electrons. The summed E-state index contributed by atoms with van der Waals surface area (Å²) in [7, 11) is 0. The van der Waals surface area contributed by atoms with Gasteiger partial charge in [0.25, 0.3) is 0 Å². The number of nitro benzene ring substituents is 1. The first-order valence-electron chi connectivity index (χ1n) is 6.92. The molecule has 0 aliphatic heterocycles. The lowest BCUT2D eigenvalue weighted by atomic mass is 10.1. The van der Waals surface area contributed by atoms with E-state index in [9.17, 15) is 19.3 Å². The monoisotopic (exact) mass is 326 g/mol. The van der Waals surface area contributed by atoms with Gasteiger partial charge in [-0.15, -0.1) is 0 Å². The first-order valence-corrected chi connectivity index (χ1v) is 6.92. The Morgan fingerprint density at radius 1 is 1.21 bits per heavy atom. The molecule has 3 rings (SSSR count). The maximum atomic E-state index is 13.7. The van der Waals surface area contributed by atoms with Gasteiger partial charge in [0.15, 0.2) is 5.78 Å². The minimum Gasteiger partial charge on any atom is -0.340 e. The summed E-state index contributed by atoms with van der Waals surface area (Å²) in [6, 6.07) is 8.76. The molecule has 0 saturated carbocycles. The lowest BCUT2D eigenvalue weighted by molar-refractivity contribution is -0.387. The topological polar surface area (TPSA) is 98.0 Å². The van der Waals surface area contributed by atoms with E-state index in [1.54, 1.807) is 24.3 Å². The molecule has 0 radical (unpaired) electrons. The number of carbonyl (C=O) groups is 1. The zero-order valence-electron chi connectivity index (χ0n) is 12.5. The highest BCUT2D eigenvalue weighted by Gasteiger charge is 2.17. The molecule has 0 spiro atoms. The molecule has 0 fully saturated rings. The van der Waals surface area contributed by atoms with Gasteiger partial charge in [-0.2, -0.15) is 4.39 Å². The number of nitro groups is 1. The van der Waals surface area contributed by atoms with E-state index in [1.165, 1.54) is 13.3 Å². The molecule has 0 saturated heterocycles. The summed E-state index contributed by atoms with van der Waals surface area (Å²) in [5.74, 6) is -0.707. The number of anilines is 2. The summed E-state index contributed by atoms with van der Waals surface area (Å²) in [6.45, 7) is 1.47. The minimum absolute atomic E-state index is 0.0554. The van der Waals surface area contributed by atoms with Crippen LogP contribution in [0, 0.1) is 15.9 Å². The predicted octanol–water partition coefficient (Wildman–Crippen LogP) is 3.62. The molecule has 0 amide bonds. The molecule has 24 heavy (non-hydrogen) atoms. The van der Waals surface area contributed by atoms with Crippen LogP contribution in [-0.4, -0.2) is 20.7 Å². The molecule has 1 heterocycles. The third-order valence-electron chi connectivity index (χ3n) is 3.45. The van der Waals surface area contributed by atoms with Gasteiger partial charge < -0.3 is 5.32 Å². The van der Waals surface area contributed by atoms with Crippen LogP contribution < -0.4 is 5.32 Å². The van der Waals surface area contributed by atoms with Crippen LogP contribution in [0.5, 0.6) is 0 Å². The Balaban J connectivity index is 2.04. The normalized spacial score (nSPS) is 10.6. The lowest BCUT2D eigenvalue weighted by Gasteiger charge is -2.09. The molecular formula is C16H11FN4O3. The first-order chi connectivity index (χ1) is 11.5. The first kappa shape index (κ1) is 15.5. The van der Waals surface area contributed by atoms with Crippen LogP contribution in [0.3, 0.4) is 0 Å². The van der Waals surface area contributed by atoms with Gasteiger partial charge in [-0.3, -0.25) is 14.9 Å². The van der Waals surface area contributed by atoms with Gasteiger partial charge in [-0.1, -0.05) is 0 Å². The van der Waals surface area contributed by atoms with Gasteiger partial charge in [-0.05, 0) is 31.2 Å². The van der Waals surface area contributed by atoms with Gasteiger partial charge in [0.2, 0.25) is 5.82 Å². The Labute approximate surface area is 135 Å². The SMILES string of the molecule is CC(=O)c1ccc(Nc2ncnc3cc(F)c([N+](=O)[O-])cc23)cc1. The predicted molar refractivity (Wildman–Crippen MR) is 85.9 cm³/mol. The summed E-state index contributed by atoms with van der Waals surface area (Å²) >= 11 is 0. The molecule has 2 aromatic carbocycles. The number of benzene rings is 2. The number of rotatable bonds is 4. The Morgan fingerprint density at radius 3 is 2.54 bits per heavy atom. The van der Waals surface area contributed by atoms with Crippen molar-refractivity contribution in [2.75, 3.05) is 5.32 Å². The molecule has 1 aromatic heterocycles. The number of ketones is 1. The molecule has 7 nitrogen and oxygen atoms in total. The second kappa shape index (κ2) is 5.99. The second-order valence-electron chi connectivity index (χ2n) is 5.06. The van der Waals surface area contributed by atoms with Crippen molar-refractivity contribution in [1.29, 1.82) is 0 Å². The standard InChI is InChI=1S/C16H11FN4O3/c1-9(22)10-2-4-11(5-3-10)20-16-12-6-15(21(23)24)13(17)7-14(12)18-8-19-16/h2-8H,1H3,(H,18,19,20). The Kier molecular flexibility index (Phi) is 3.87. The summed E-state index contributed by atoms with van der Waals surface area (Å²) in [6.07, 6.45) is 1.24. The highest BCUT2D eigenvalue weighted by molar-refractivity contribution is 5.95. The van der Waals surface area contributed by atoms with Gasteiger partial charge in [0.05, 0.1) is 15.8 Å². The fraction of sp³-hybridized carbons (Fsp3) is 0.0625. The molecule has 8 heteroatoms. The summed E-state index contributed by atoms with van der Waals surface area (Å²) in [5.41, 5.74) is 0.793. The van der Waals surface area contributed by atoms with Gasteiger partial charge in [0, 0.05) is 23.4 Å². The average molecular weight is 326 g/mol. The van der Waals surface area contributed by atoms with Crippen molar-refractivity contribution in [2.24, 2.45) is 0 Å². The Bertz CT molecular complexity index is 957. The number of carbonyl (C=O) groups excluding carboxylic acids is 1. The fourth-order valence-corrected chi connectivity index (χ4v) is 2.23. The molecule has 0 unspecified atom stereocenters. The molecule has 0 aliphatic carbocycles. The van der Waals surface area contributed by atoms with Gasteiger partial charge in [-0.25, -0.2) is 9.97 Å². The number of fused-ring (bicyclic) bond motifs is 1. The van der Waals surface area contributed by atoms with Crippen LogP contribution in [0.25, 0.3) is 10.9 Å². The van der Waals surface area contributed by atoms with E-state index in [2.05, 4.69) is 15.3 Å². The van der Waals surface area contributed by atoms with E-state index < -0.39 is 16.4 Å². The average Bonchev–Trinajstić information content (AvgIpc) is 2.54. The van der Waals surface area contributed by atoms with Crippen molar-refractivity contribution < 1.29 is 14.1 Å². The number of hydrogen-bond donors (Lipinski definition) is 1. The molecular weight excluding hydrogens is 315 g/mol. The van der Waals surface area contributed by atoms with E-state index in [0.717, 1.165) is 12.1 Å². The van der Waals surface area contributed by atoms with Gasteiger partial charge >= 0.3 is 5.69 Å². The lowest BCUT2D eigenvalue weighted by Crippen LogP contribution is -1.99. The van der Waals surface area contributed by atoms with E-state index in [4.69, 9.17) is 0 Å². The van der Waals surface area contributed by atoms with Crippen LogP contribution in [-0.2, 0) is 0 Å². The van der Waals surface area contributed by atoms with Gasteiger partial charge in [0.1, 0.15) is 12.1 Å². The number of aromatic nitrogens is 2. The third kappa shape index (κ3) is 2.89. The molecule has 3 aromatic rings. The highest BCUT2D eigenvalue weighted by Crippen LogP contribution is 2.29. The van der Waals surface area contributed by atoms with Crippen molar-refractivity contribution in [3.63, 3.8) is 0 Å². The molecule has 0 bridgehead atoms. The van der Waals surface area contributed by atoms with Crippen molar-refractivity contribution in [2.45, 2.75) is 6.92 Å². The summed E-state index contributed by atoms with van der Waals surface area (Å²) in [5, 5.41) is 14.2. The van der Waals surface area contributed by atoms with E-state index in [-0.39, 0.29) is 11.3 Å². The van der Waals surface area contributed by atoms with Crippen molar-refractivity contribution >= 4 is 33.9 Å². The number of nitrogens with zero attached hydrogens (tertiary/aromatic N) is 3. The highest BCUT2D eigenvalue weighted by atomic mass is 19.1. The number of halogens is 1. The minimum atomic E-state index is -0.956. The smallest absolute Gasteiger partial charge is 0.305 e. The quantitative estimate of drug-likeness (QED) is 0.446. The Morgan fingerprint density at radius 2 is 1.92 bits per heavy atom. The van der Waals surface area contributed by atoms with Crippen LogP contribution in [0.2, 0.25) is 0 Å². The summed E-state index contributed by atoms with van der Waals surface area (Å²) in [4.78, 5) is 29.4. The molecule has 0 aliphatic rings. The second-order valence-corrected chi connectivity index (χ2v) is 5.06. The van der Waals surface area contributed by atoms with Crippen LogP contribution in [0.15, 0.2) is 42.7 Å². The third-order valence-corrected chi connectivity index (χ3v) is 3.45. The fourth-order valence-electron chi connectivity index (χ4n) is 2.23. The van der Waals surface area contributed by atoms with Crippen LogP contribution in [0.4, 0.5) is 21.6 Å². The molecule has 1 N–H and O–H groups in total. The van der Waals surface area contributed by atoms with E-state index in [1.807, 2.05) is 0 Å². The van der Waals surface area contributed by atoms with Crippen LogP contribution in [0.1, 0.15) is 17.3 Å². The largest absolute Gasteiger partial charge is 0.340 e. The van der Waals surface area contributed by atoms with E-state index >= 15 is 0 Å². The van der Waals surface area contributed by atoms with Crippen molar-refractivity contribution in [1.82, 2.24) is 9.97 Å². The number of Topliss-reactive ketones (excluding diaryl/α,β-unsaturated/α-hetero) is 1. The zero-order valence-corrected chi connectivity index (χ0v) is 12.5. The zero-order chi connectivity index (χ0) is 17.3. The van der Waals surface area contributed by atoms with Crippen LogP contribution >= 0.6 is 0 Å².